The van der Waals surface area contributed by atoms with E-state index in [4.69, 9.17) is 25.6 Å². The van der Waals surface area contributed by atoms with Gasteiger partial charge in [0.15, 0.2) is 5.69 Å². The minimum Gasteiger partial charge on any atom is -0.480 e. The summed E-state index contributed by atoms with van der Waals surface area (Å²) < 4.78 is 15.6. The number of ether oxygens (including phenoxy) is 2. The highest BCUT2D eigenvalue weighted by Crippen LogP contribution is 2.34. The second-order valence-corrected chi connectivity index (χ2v) is 9.08. The topological polar surface area (TPSA) is 111 Å². The Kier molecular flexibility index (Phi) is 6.57. The summed E-state index contributed by atoms with van der Waals surface area (Å²) in [6.45, 7) is 2.05. The van der Waals surface area contributed by atoms with Crippen molar-refractivity contribution in [2.75, 3.05) is 18.5 Å². The molecule has 0 aliphatic carbocycles. The molecular formula is C28H21ClN2O6. The highest BCUT2D eigenvalue weighted by Gasteiger charge is 2.47. The number of hydrogen-bond donors (Lipinski definition) is 2. The van der Waals surface area contributed by atoms with Gasteiger partial charge >= 0.3 is 12.1 Å². The van der Waals surface area contributed by atoms with Crippen LogP contribution >= 0.6 is 11.6 Å². The van der Waals surface area contributed by atoms with E-state index < -0.39 is 23.6 Å². The van der Waals surface area contributed by atoms with Gasteiger partial charge in [-0.2, -0.15) is 0 Å². The van der Waals surface area contributed by atoms with Crippen molar-refractivity contribution < 1.29 is 28.7 Å². The van der Waals surface area contributed by atoms with Crippen LogP contribution in [0.4, 0.5) is 10.5 Å². The Morgan fingerprint density at radius 3 is 2.59 bits per heavy atom. The molecule has 1 saturated heterocycles. The van der Waals surface area contributed by atoms with Gasteiger partial charge in [0, 0.05) is 16.1 Å². The van der Waals surface area contributed by atoms with Gasteiger partial charge in [-0.3, -0.25) is 10.1 Å². The fourth-order valence-electron chi connectivity index (χ4n) is 4.06. The predicted molar refractivity (Wildman–Crippen MR) is 137 cm³/mol. The number of amides is 1. The zero-order chi connectivity index (χ0) is 26.0. The molecule has 4 aromatic rings. The number of nitrogens with one attached hydrogen (secondary N) is 1. The van der Waals surface area contributed by atoms with Gasteiger partial charge in [-0.1, -0.05) is 59.1 Å². The van der Waals surface area contributed by atoms with Crippen LogP contribution in [0.5, 0.6) is 0 Å². The largest absolute Gasteiger partial charge is 0.480 e. The van der Waals surface area contributed by atoms with Gasteiger partial charge < -0.3 is 19.1 Å². The fraction of sp³-hybridized carbons (Fsp3) is 0.179. The summed E-state index contributed by atoms with van der Waals surface area (Å²) in [5.74, 6) is 5.03. The number of carbonyl (C=O) groups is 2. The summed E-state index contributed by atoms with van der Waals surface area (Å²) in [5, 5.41) is 18.4. The lowest BCUT2D eigenvalue weighted by Gasteiger charge is -2.37. The first-order chi connectivity index (χ1) is 17.9. The number of anilines is 1. The van der Waals surface area contributed by atoms with Gasteiger partial charge in [-0.15, -0.1) is 0 Å². The molecule has 0 saturated carbocycles. The predicted octanol–water partition coefficient (Wildman–Crippen LogP) is 5.54. The molecule has 1 unspecified atom stereocenters. The summed E-state index contributed by atoms with van der Waals surface area (Å²) in [5.41, 5.74) is 1.64. The second kappa shape index (κ2) is 9.97. The van der Waals surface area contributed by atoms with Crippen LogP contribution in [0.3, 0.4) is 0 Å². The lowest BCUT2D eigenvalue weighted by atomic mass is 9.78. The van der Waals surface area contributed by atoms with E-state index in [1.807, 2.05) is 42.5 Å². The second-order valence-electron chi connectivity index (χ2n) is 8.68. The summed E-state index contributed by atoms with van der Waals surface area (Å²) in [6, 6.07) is 18.3. The van der Waals surface area contributed by atoms with Crippen LogP contribution in [0, 0.1) is 11.8 Å². The van der Waals surface area contributed by atoms with Gasteiger partial charge in [-0.05, 0) is 53.4 Å². The highest BCUT2D eigenvalue weighted by atomic mass is 35.5. The molecule has 1 aromatic heterocycles. The van der Waals surface area contributed by atoms with Crippen molar-refractivity contribution in [1.29, 1.82) is 0 Å². The molecule has 8 nitrogen and oxygen atoms in total. The third-order valence-electron chi connectivity index (χ3n) is 6.26. The van der Waals surface area contributed by atoms with E-state index in [1.165, 1.54) is 6.26 Å². The lowest BCUT2D eigenvalue weighted by Crippen LogP contribution is -2.53. The summed E-state index contributed by atoms with van der Waals surface area (Å²) in [6.07, 6.45) is 0.00934. The van der Waals surface area contributed by atoms with Crippen LogP contribution in [-0.2, 0) is 19.7 Å². The fourth-order valence-corrected chi connectivity index (χ4v) is 4.35. The van der Waals surface area contributed by atoms with Crippen LogP contribution in [0.15, 0.2) is 71.4 Å². The summed E-state index contributed by atoms with van der Waals surface area (Å²) in [7, 11) is 0. The molecule has 1 atom stereocenters. The first kappa shape index (κ1) is 24.4. The molecule has 9 heteroatoms. The van der Waals surface area contributed by atoms with Crippen molar-refractivity contribution in [3.63, 3.8) is 0 Å². The average Bonchev–Trinajstić information content (AvgIpc) is 3.28. The molecule has 37 heavy (non-hydrogen) atoms. The van der Waals surface area contributed by atoms with Crippen molar-refractivity contribution in [2.24, 2.45) is 0 Å². The number of carbonyl (C=O) groups excluding carboxylic acids is 1. The zero-order valence-corrected chi connectivity index (χ0v) is 20.4. The van der Waals surface area contributed by atoms with Crippen LogP contribution in [0.2, 0.25) is 5.02 Å². The molecule has 0 radical (unpaired) electrons. The van der Waals surface area contributed by atoms with Gasteiger partial charge in [-0.25, -0.2) is 4.79 Å². The third-order valence-corrected chi connectivity index (χ3v) is 6.60. The molecule has 1 aliphatic heterocycles. The van der Waals surface area contributed by atoms with Gasteiger partial charge in [0.05, 0.1) is 13.2 Å². The van der Waals surface area contributed by atoms with E-state index in [0.29, 0.717) is 21.7 Å². The smallest absolute Gasteiger partial charge is 0.412 e. The molecule has 1 fully saturated rings. The minimum atomic E-state index is -0.991. The maximum absolute atomic E-state index is 12.4. The number of aliphatic carboxylic acids is 1. The molecule has 2 N–H and O–H groups in total. The standard InChI is InChI=1S/C28H21ClN2O6/c1-17(22-4-2-3-5-23(22)29)37-27(34)30-25-14-36-31-24(25)11-7-18-6-8-20-13-21(10-9-19(20)12-18)28(26(32)33)15-35-16-28/h2-6,8-10,12-14,17H,15-16H2,1H3,(H,30,34)(H,32,33). The maximum atomic E-state index is 12.4. The third kappa shape index (κ3) is 4.87. The van der Waals surface area contributed by atoms with Gasteiger partial charge in [0.25, 0.3) is 0 Å². The number of hydrogen-bond acceptors (Lipinski definition) is 6. The molecule has 0 bridgehead atoms. The van der Waals surface area contributed by atoms with E-state index in [-0.39, 0.29) is 24.6 Å². The van der Waals surface area contributed by atoms with Crippen LogP contribution in [0.1, 0.15) is 35.4 Å². The van der Waals surface area contributed by atoms with E-state index in [0.717, 1.165) is 10.8 Å². The maximum Gasteiger partial charge on any atom is 0.412 e. The lowest BCUT2D eigenvalue weighted by molar-refractivity contribution is -0.163. The van der Waals surface area contributed by atoms with Crippen molar-refractivity contribution in [2.45, 2.75) is 18.4 Å². The number of rotatable bonds is 5. The number of benzene rings is 3. The molecular weight excluding hydrogens is 496 g/mol. The van der Waals surface area contributed by atoms with E-state index >= 15 is 0 Å². The first-order valence-electron chi connectivity index (χ1n) is 11.4. The quantitative estimate of drug-likeness (QED) is 0.335. The minimum absolute atomic E-state index is 0.165. The molecule has 5 rings (SSSR count). The van der Waals surface area contributed by atoms with Gasteiger partial charge in [0.2, 0.25) is 0 Å². The van der Waals surface area contributed by atoms with E-state index in [2.05, 4.69) is 22.3 Å². The number of nitrogens with zero attached hydrogens (tertiary/aromatic N) is 1. The average molecular weight is 517 g/mol. The molecule has 186 valence electrons. The number of fused-ring (bicyclic) bond motifs is 1. The van der Waals surface area contributed by atoms with Crippen LogP contribution in [-0.4, -0.2) is 35.5 Å². The number of aromatic nitrogens is 1. The summed E-state index contributed by atoms with van der Waals surface area (Å²) >= 11 is 6.17. The Bertz CT molecular complexity index is 1560. The van der Waals surface area contributed by atoms with E-state index in [1.54, 1.807) is 25.1 Å². The molecule has 0 spiro atoms. The number of carboxylic acids is 1. The van der Waals surface area contributed by atoms with Crippen LogP contribution in [0.25, 0.3) is 10.8 Å². The normalized spacial score (nSPS) is 14.6. The number of halogens is 1. The molecule has 2 heterocycles. The molecule has 1 amide bonds. The van der Waals surface area contributed by atoms with Crippen molar-refractivity contribution in [3.05, 3.63) is 94.3 Å². The zero-order valence-electron chi connectivity index (χ0n) is 19.7. The monoisotopic (exact) mass is 516 g/mol. The van der Waals surface area contributed by atoms with E-state index in [9.17, 15) is 14.7 Å². The Morgan fingerprint density at radius 1 is 1.11 bits per heavy atom. The Labute approximate surface area is 217 Å². The van der Waals surface area contributed by atoms with Crippen molar-refractivity contribution in [1.82, 2.24) is 5.16 Å². The Balaban J connectivity index is 1.29. The number of carboxylic acid groups (broad SMARTS) is 1. The summed E-state index contributed by atoms with van der Waals surface area (Å²) in [4.78, 5) is 24.2. The first-order valence-corrected chi connectivity index (χ1v) is 11.8. The molecule has 1 aliphatic rings. The SMILES string of the molecule is CC(OC(=O)Nc1conc1C#Cc1ccc2cc(C3(C(=O)O)COC3)ccc2c1)c1ccccc1Cl. The van der Waals surface area contributed by atoms with Gasteiger partial charge in [0.1, 0.15) is 23.5 Å². The Morgan fingerprint density at radius 2 is 1.86 bits per heavy atom. The Hall–Kier alpha value is -4.32. The van der Waals surface area contributed by atoms with Crippen LogP contribution < -0.4 is 5.32 Å². The molecule has 3 aromatic carbocycles. The van der Waals surface area contributed by atoms with Crippen molar-refractivity contribution >= 4 is 40.1 Å². The van der Waals surface area contributed by atoms with Crippen molar-refractivity contribution in [3.8, 4) is 11.8 Å². The highest BCUT2D eigenvalue weighted by molar-refractivity contribution is 6.31.